The maximum absolute atomic E-state index is 12.7. The van der Waals surface area contributed by atoms with E-state index >= 15 is 0 Å². The minimum absolute atomic E-state index is 0.0556. The Labute approximate surface area is 124 Å². The van der Waals surface area contributed by atoms with E-state index in [0.717, 1.165) is 5.56 Å². The minimum Gasteiger partial charge on any atom is -0.507 e. The average Bonchev–Trinajstić information content (AvgIpc) is 2.55. The van der Waals surface area contributed by atoms with Crippen molar-refractivity contribution in [1.29, 1.82) is 0 Å². The number of carbonyl (C=O) groups is 1. The molecule has 21 heavy (non-hydrogen) atoms. The SMILES string of the molecule is C=CC1Cc2ccccc2C(=O)/C1=C(\O)c1ccccc1. The summed E-state index contributed by atoms with van der Waals surface area (Å²) in [5.74, 6) is -0.212. The number of fused-ring (bicyclic) bond motifs is 1. The number of aliphatic hydroxyl groups excluding tert-OH is 1. The van der Waals surface area contributed by atoms with E-state index in [-0.39, 0.29) is 17.5 Å². The van der Waals surface area contributed by atoms with Crippen LogP contribution in [0.3, 0.4) is 0 Å². The highest BCUT2D eigenvalue weighted by Gasteiger charge is 2.31. The molecule has 0 aliphatic heterocycles. The Balaban J connectivity index is 2.17. The fourth-order valence-electron chi connectivity index (χ4n) is 2.81. The summed E-state index contributed by atoms with van der Waals surface area (Å²) >= 11 is 0. The molecular weight excluding hydrogens is 260 g/mol. The van der Waals surface area contributed by atoms with Gasteiger partial charge in [-0.2, -0.15) is 0 Å². The molecule has 1 aliphatic rings. The first-order valence-corrected chi connectivity index (χ1v) is 6.96. The summed E-state index contributed by atoms with van der Waals surface area (Å²) in [5, 5.41) is 10.6. The van der Waals surface area contributed by atoms with Crippen molar-refractivity contribution in [3.8, 4) is 0 Å². The molecule has 0 saturated heterocycles. The van der Waals surface area contributed by atoms with Crippen molar-refractivity contribution in [2.45, 2.75) is 6.42 Å². The first kappa shape index (κ1) is 13.4. The van der Waals surface area contributed by atoms with Crippen molar-refractivity contribution >= 4 is 11.5 Å². The van der Waals surface area contributed by atoms with Crippen LogP contribution in [0.25, 0.3) is 5.76 Å². The van der Waals surface area contributed by atoms with E-state index in [9.17, 15) is 9.90 Å². The standard InChI is InChI=1S/C19H16O2/c1-2-13-12-15-10-6-7-11-16(15)19(21)17(13)18(20)14-8-4-3-5-9-14/h2-11,13,20H,1,12H2/b18-17-. The zero-order valence-electron chi connectivity index (χ0n) is 11.6. The number of benzene rings is 2. The Morgan fingerprint density at radius 2 is 1.76 bits per heavy atom. The van der Waals surface area contributed by atoms with Crippen molar-refractivity contribution < 1.29 is 9.90 Å². The molecule has 1 unspecified atom stereocenters. The van der Waals surface area contributed by atoms with Gasteiger partial charge in [0, 0.05) is 22.6 Å². The molecule has 2 heteroatoms. The maximum atomic E-state index is 12.7. The lowest BCUT2D eigenvalue weighted by atomic mass is 9.78. The summed E-state index contributed by atoms with van der Waals surface area (Å²) in [7, 11) is 0. The third-order valence-electron chi connectivity index (χ3n) is 3.90. The number of carbonyl (C=O) groups excluding carboxylic acids is 1. The minimum atomic E-state index is -0.160. The van der Waals surface area contributed by atoms with E-state index in [1.54, 1.807) is 18.2 Å². The van der Waals surface area contributed by atoms with Crippen LogP contribution in [-0.4, -0.2) is 10.9 Å². The van der Waals surface area contributed by atoms with E-state index in [2.05, 4.69) is 6.58 Å². The number of ketones is 1. The van der Waals surface area contributed by atoms with Crippen LogP contribution in [0.4, 0.5) is 0 Å². The van der Waals surface area contributed by atoms with Crippen molar-refractivity contribution in [3.05, 3.63) is 89.5 Å². The molecule has 0 spiro atoms. The second-order valence-corrected chi connectivity index (χ2v) is 5.16. The second kappa shape index (κ2) is 5.41. The number of Topliss-reactive ketones (excluding diaryl/α,β-unsaturated/α-hetero) is 1. The molecule has 104 valence electrons. The van der Waals surface area contributed by atoms with Crippen LogP contribution in [0, 0.1) is 5.92 Å². The lowest BCUT2D eigenvalue weighted by Crippen LogP contribution is -2.23. The summed E-state index contributed by atoms with van der Waals surface area (Å²) in [6.45, 7) is 3.82. The lowest BCUT2D eigenvalue weighted by Gasteiger charge is -2.25. The Morgan fingerprint density at radius 3 is 2.48 bits per heavy atom. The van der Waals surface area contributed by atoms with Crippen LogP contribution in [0.15, 0.2) is 72.8 Å². The van der Waals surface area contributed by atoms with E-state index in [1.807, 2.05) is 42.5 Å². The van der Waals surface area contributed by atoms with Gasteiger partial charge >= 0.3 is 0 Å². The van der Waals surface area contributed by atoms with Gasteiger partial charge in [0.15, 0.2) is 5.78 Å². The Hall–Kier alpha value is -2.61. The zero-order chi connectivity index (χ0) is 14.8. The smallest absolute Gasteiger partial charge is 0.193 e. The highest BCUT2D eigenvalue weighted by atomic mass is 16.3. The fourth-order valence-corrected chi connectivity index (χ4v) is 2.81. The van der Waals surface area contributed by atoms with Gasteiger partial charge in [0.2, 0.25) is 0 Å². The highest BCUT2D eigenvalue weighted by Crippen LogP contribution is 2.34. The number of allylic oxidation sites excluding steroid dienone is 2. The molecule has 0 amide bonds. The number of hydrogen-bond donors (Lipinski definition) is 1. The van der Waals surface area contributed by atoms with E-state index in [1.165, 1.54) is 0 Å². The van der Waals surface area contributed by atoms with Crippen LogP contribution in [0.1, 0.15) is 21.5 Å². The van der Waals surface area contributed by atoms with Gasteiger partial charge in [0.25, 0.3) is 0 Å². The fraction of sp³-hybridized carbons (Fsp3) is 0.105. The molecule has 2 nitrogen and oxygen atoms in total. The monoisotopic (exact) mass is 276 g/mol. The van der Waals surface area contributed by atoms with Crippen LogP contribution in [0.2, 0.25) is 0 Å². The van der Waals surface area contributed by atoms with Gasteiger partial charge in [-0.25, -0.2) is 0 Å². The summed E-state index contributed by atoms with van der Waals surface area (Å²) in [4.78, 5) is 12.7. The Bertz CT molecular complexity index is 726. The lowest BCUT2D eigenvalue weighted by molar-refractivity contribution is 0.101. The first-order valence-electron chi connectivity index (χ1n) is 6.96. The molecule has 1 N–H and O–H groups in total. The molecule has 0 fully saturated rings. The van der Waals surface area contributed by atoms with Crippen LogP contribution in [-0.2, 0) is 6.42 Å². The average molecular weight is 276 g/mol. The third kappa shape index (κ3) is 2.29. The molecule has 3 rings (SSSR count). The summed E-state index contributed by atoms with van der Waals surface area (Å²) in [6, 6.07) is 16.7. The van der Waals surface area contributed by atoms with Crippen molar-refractivity contribution in [2.24, 2.45) is 5.92 Å². The Kier molecular flexibility index (Phi) is 3.44. The van der Waals surface area contributed by atoms with Gasteiger partial charge in [-0.1, -0.05) is 60.7 Å². The highest BCUT2D eigenvalue weighted by molar-refractivity contribution is 6.14. The van der Waals surface area contributed by atoms with Crippen molar-refractivity contribution in [1.82, 2.24) is 0 Å². The first-order chi connectivity index (χ1) is 10.2. The summed E-state index contributed by atoms with van der Waals surface area (Å²) in [5.41, 5.74) is 2.78. The van der Waals surface area contributed by atoms with E-state index in [4.69, 9.17) is 0 Å². The predicted octanol–water partition coefficient (Wildman–Crippen LogP) is 4.20. The van der Waals surface area contributed by atoms with Crippen LogP contribution >= 0.6 is 0 Å². The largest absolute Gasteiger partial charge is 0.507 e. The molecule has 0 bridgehead atoms. The Morgan fingerprint density at radius 1 is 1.10 bits per heavy atom. The van der Waals surface area contributed by atoms with Gasteiger partial charge in [-0.15, -0.1) is 6.58 Å². The quantitative estimate of drug-likeness (QED) is 0.507. The van der Waals surface area contributed by atoms with Crippen LogP contribution < -0.4 is 0 Å². The molecule has 1 aliphatic carbocycles. The topological polar surface area (TPSA) is 37.3 Å². The van der Waals surface area contributed by atoms with Gasteiger partial charge in [0.1, 0.15) is 5.76 Å². The van der Waals surface area contributed by atoms with Crippen molar-refractivity contribution in [3.63, 3.8) is 0 Å². The predicted molar refractivity (Wildman–Crippen MR) is 84.2 cm³/mol. The molecule has 0 saturated carbocycles. The summed E-state index contributed by atoms with van der Waals surface area (Å²) < 4.78 is 0. The molecule has 2 aromatic carbocycles. The number of hydrogen-bond acceptors (Lipinski definition) is 2. The van der Waals surface area contributed by atoms with E-state index in [0.29, 0.717) is 23.1 Å². The zero-order valence-corrected chi connectivity index (χ0v) is 11.6. The van der Waals surface area contributed by atoms with Crippen molar-refractivity contribution in [2.75, 3.05) is 0 Å². The molecule has 0 radical (unpaired) electrons. The third-order valence-corrected chi connectivity index (χ3v) is 3.90. The van der Waals surface area contributed by atoms with Gasteiger partial charge < -0.3 is 5.11 Å². The van der Waals surface area contributed by atoms with Gasteiger partial charge in [-0.05, 0) is 12.0 Å². The number of rotatable bonds is 2. The molecule has 1 atom stereocenters. The normalized spacial score (nSPS) is 19.8. The molecular formula is C19H16O2. The van der Waals surface area contributed by atoms with Crippen LogP contribution in [0.5, 0.6) is 0 Å². The molecule has 2 aromatic rings. The maximum Gasteiger partial charge on any atom is 0.193 e. The molecule has 0 aromatic heterocycles. The van der Waals surface area contributed by atoms with Gasteiger partial charge in [-0.3, -0.25) is 4.79 Å². The molecule has 0 heterocycles. The van der Waals surface area contributed by atoms with E-state index < -0.39 is 0 Å². The van der Waals surface area contributed by atoms with Gasteiger partial charge in [0.05, 0.1) is 0 Å². The number of aliphatic hydroxyl groups is 1. The second-order valence-electron chi connectivity index (χ2n) is 5.16. The summed E-state index contributed by atoms with van der Waals surface area (Å²) in [6.07, 6.45) is 2.43.